The molecule has 1 aromatic rings. The van der Waals surface area contributed by atoms with Crippen LogP contribution in [0.15, 0.2) is 11.4 Å². The van der Waals surface area contributed by atoms with Gasteiger partial charge in [0.25, 0.3) is 0 Å². The third kappa shape index (κ3) is 4.44. The number of rotatable bonds is 6. The molecule has 7 heteroatoms. The van der Waals surface area contributed by atoms with Crippen LogP contribution in [-0.4, -0.2) is 42.9 Å². The smallest absolute Gasteiger partial charge is 0.192 e. The first kappa shape index (κ1) is 19.9. The highest BCUT2D eigenvalue weighted by molar-refractivity contribution is 7.98. The average Bonchev–Trinajstić information content (AvgIpc) is 2.43. The minimum atomic E-state index is -1.90. The summed E-state index contributed by atoms with van der Waals surface area (Å²) in [6.07, 6.45) is 3.60. The Morgan fingerprint density at radius 1 is 1.32 bits per heavy atom. The van der Waals surface area contributed by atoms with E-state index in [2.05, 4.69) is 43.8 Å². The lowest BCUT2D eigenvalue weighted by molar-refractivity contribution is 0.133. The maximum absolute atomic E-state index is 9.91. The molecular weight excluding hydrogens is 336 g/mol. The van der Waals surface area contributed by atoms with Crippen LogP contribution in [0, 0.1) is 0 Å². The number of aliphatic hydroxyl groups excluding tert-OH is 1. The van der Waals surface area contributed by atoms with Crippen molar-refractivity contribution in [2.24, 2.45) is 0 Å². The molecule has 1 rings (SSSR count). The van der Waals surface area contributed by atoms with E-state index in [1.54, 1.807) is 6.20 Å². The summed E-state index contributed by atoms with van der Waals surface area (Å²) >= 11 is 7.73. The second-order valence-corrected chi connectivity index (χ2v) is 13.3. The Balaban J connectivity index is 3.03. The van der Waals surface area contributed by atoms with Gasteiger partial charge in [-0.15, -0.1) is 0 Å². The van der Waals surface area contributed by atoms with Crippen molar-refractivity contribution < 1.29 is 9.53 Å². The Bertz CT molecular complexity index is 523. The van der Waals surface area contributed by atoms with Crippen molar-refractivity contribution in [2.75, 3.05) is 19.5 Å². The van der Waals surface area contributed by atoms with Gasteiger partial charge in [0.15, 0.2) is 13.5 Å². The number of halogens is 1. The standard InChI is InChI=1S/C15H27ClN2O2SSi/c1-14(2,3)22(6,7)20-10-15(4,9-19)11-8-17-13(21-5)18-12(11)16/h8,19H,9-10H2,1-7H3/t15-/m1/s1. The van der Waals surface area contributed by atoms with Crippen LogP contribution in [0.4, 0.5) is 0 Å². The number of nitrogens with zero attached hydrogens (tertiary/aromatic N) is 2. The summed E-state index contributed by atoms with van der Waals surface area (Å²) in [7, 11) is -1.90. The highest BCUT2D eigenvalue weighted by Crippen LogP contribution is 2.38. The molecule has 0 radical (unpaired) electrons. The Morgan fingerprint density at radius 3 is 2.32 bits per heavy atom. The van der Waals surface area contributed by atoms with Gasteiger partial charge in [0.05, 0.1) is 6.61 Å². The van der Waals surface area contributed by atoms with E-state index in [9.17, 15) is 5.11 Å². The van der Waals surface area contributed by atoms with E-state index in [0.717, 1.165) is 5.56 Å². The van der Waals surface area contributed by atoms with E-state index < -0.39 is 13.7 Å². The fourth-order valence-electron chi connectivity index (χ4n) is 1.61. The Kier molecular flexibility index (Phi) is 6.49. The van der Waals surface area contributed by atoms with Crippen molar-refractivity contribution >= 4 is 31.7 Å². The van der Waals surface area contributed by atoms with Crippen LogP contribution in [0.5, 0.6) is 0 Å². The molecular formula is C15H27ClN2O2SSi. The Labute approximate surface area is 144 Å². The summed E-state index contributed by atoms with van der Waals surface area (Å²) in [4.78, 5) is 8.54. The van der Waals surface area contributed by atoms with E-state index in [4.69, 9.17) is 16.0 Å². The van der Waals surface area contributed by atoms with Crippen molar-refractivity contribution in [3.05, 3.63) is 16.9 Å². The molecule has 0 aliphatic rings. The minimum Gasteiger partial charge on any atom is -0.416 e. The molecule has 1 atom stereocenters. The zero-order valence-corrected chi connectivity index (χ0v) is 17.1. The molecule has 0 bridgehead atoms. The van der Waals surface area contributed by atoms with Crippen LogP contribution in [0.1, 0.15) is 33.3 Å². The zero-order valence-electron chi connectivity index (χ0n) is 14.5. The molecule has 0 aromatic carbocycles. The number of aromatic nitrogens is 2. The van der Waals surface area contributed by atoms with Crippen LogP contribution in [0.25, 0.3) is 0 Å². The lowest BCUT2D eigenvalue weighted by Gasteiger charge is -2.39. The molecule has 0 aliphatic carbocycles. The van der Waals surface area contributed by atoms with Crippen molar-refractivity contribution in [1.82, 2.24) is 9.97 Å². The summed E-state index contributed by atoms with van der Waals surface area (Å²) < 4.78 is 6.28. The van der Waals surface area contributed by atoms with Crippen LogP contribution in [-0.2, 0) is 9.84 Å². The van der Waals surface area contributed by atoms with Gasteiger partial charge in [0.2, 0.25) is 0 Å². The summed E-state index contributed by atoms with van der Waals surface area (Å²) in [5.74, 6) is 0. The minimum absolute atomic E-state index is 0.0662. The Morgan fingerprint density at radius 2 is 1.91 bits per heavy atom. The van der Waals surface area contributed by atoms with Gasteiger partial charge < -0.3 is 9.53 Å². The van der Waals surface area contributed by atoms with E-state index in [1.807, 2.05) is 13.2 Å². The molecule has 0 saturated heterocycles. The first-order valence-electron chi connectivity index (χ1n) is 7.29. The molecule has 1 aromatic heterocycles. The highest BCUT2D eigenvalue weighted by atomic mass is 35.5. The van der Waals surface area contributed by atoms with Crippen molar-refractivity contribution in [3.63, 3.8) is 0 Å². The summed E-state index contributed by atoms with van der Waals surface area (Å²) in [5.41, 5.74) is 0.122. The van der Waals surface area contributed by atoms with Gasteiger partial charge in [-0.2, -0.15) is 0 Å². The van der Waals surface area contributed by atoms with Gasteiger partial charge in [-0.3, -0.25) is 0 Å². The number of aliphatic hydroxyl groups is 1. The molecule has 126 valence electrons. The average molecular weight is 363 g/mol. The largest absolute Gasteiger partial charge is 0.416 e. The number of hydrogen-bond acceptors (Lipinski definition) is 5. The van der Waals surface area contributed by atoms with Gasteiger partial charge in [-0.1, -0.05) is 51.1 Å². The summed E-state index contributed by atoms with van der Waals surface area (Å²) in [6, 6.07) is 0. The van der Waals surface area contributed by atoms with Gasteiger partial charge in [0, 0.05) is 23.8 Å². The van der Waals surface area contributed by atoms with Crippen LogP contribution < -0.4 is 0 Å². The quantitative estimate of drug-likeness (QED) is 0.357. The highest BCUT2D eigenvalue weighted by Gasteiger charge is 2.40. The first-order chi connectivity index (χ1) is 9.97. The third-order valence-corrected chi connectivity index (χ3v) is 9.79. The fourth-order valence-corrected chi connectivity index (χ4v) is 3.47. The van der Waals surface area contributed by atoms with Crippen LogP contribution in [0.3, 0.4) is 0 Å². The fraction of sp³-hybridized carbons (Fsp3) is 0.733. The molecule has 0 spiro atoms. The predicted molar refractivity (Wildman–Crippen MR) is 96.4 cm³/mol. The number of hydrogen-bond donors (Lipinski definition) is 1. The van der Waals surface area contributed by atoms with Crippen LogP contribution in [0.2, 0.25) is 23.3 Å². The molecule has 0 amide bonds. The van der Waals surface area contributed by atoms with Crippen molar-refractivity contribution in [3.8, 4) is 0 Å². The molecule has 4 nitrogen and oxygen atoms in total. The molecule has 0 unspecified atom stereocenters. The maximum Gasteiger partial charge on any atom is 0.192 e. The zero-order chi connectivity index (χ0) is 17.2. The summed E-state index contributed by atoms with van der Waals surface area (Å²) in [5, 5.41) is 11.0. The second kappa shape index (κ2) is 7.17. The van der Waals surface area contributed by atoms with E-state index in [-0.39, 0.29) is 11.6 Å². The maximum atomic E-state index is 9.91. The Hall–Kier alpha value is -0.143. The molecule has 0 aliphatic heterocycles. The van der Waals surface area contributed by atoms with Gasteiger partial charge in [0.1, 0.15) is 5.15 Å². The lowest BCUT2D eigenvalue weighted by atomic mass is 9.86. The molecule has 22 heavy (non-hydrogen) atoms. The molecule has 0 fully saturated rings. The van der Waals surface area contributed by atoms with E-state index in [0.29, 0.717) is 16.9 Å². The molecule has 1 N–H and O–H groups in total. The first-order valence-corrected chi connectivity index (χ1v) is 11.8. The van der Waals surface area contributed by atoms with Gasteiger partial charge in [-0.25, -0.2) is 9.97 Å². The SMILES string of the molecule is CSc1ncc([C@](C)(CO)CO[Si](C)(C)C(C)(C)C)c(Cl)n1. The predicted octanol–water partition coefficient (Wildman–Crippen LogP) is 4.12. The summed E-state index contributed by atoms with van der Waals surface area (Å²) in [6.45, 7) is 13.2. The van der Waals surface area contributed by atoms with E-state index >= 15 is 0 Å². The van der Waals surface area contributed by atoms with Crippen LogP contribution >= 0.6 is 23.4 Å². The molecule has 1 heterocycles. The van der Waals surface area contributed by atoms with Crippen molar-refractivity contribution in [1.29, 1.82) is 0 Å². The lowest BCUT2D eigenvalue weighted by Crippen LogP contribution is -2.45. The molecule has 0 saturated carbocycles. The van der Waals surface area contributed by atoms with Gasteiger partial charge >= 0.3 is 0 Å². The van der Waals surface area contributed by atoms with Gasteiger partial charge in [-0.05, 0) is 24.4 Å². The topological polar surface area (TPSA) is 55.2 Å². The monoisotopic (exact) mass is 362 g/mol. The third-order valence-electron chi connectivity index (χ3n) is 4.46. The van der Waals surface area contributed by atoms with Crippen molar-refractivity contribution in [2.45, 2.75) is 56.4 Å². The normalized spacial score (nSPS) is 15.7. The van der Waals surface area contributed by atoms with E-state index in [1.165, 1.54) is 11.8 Å². The number of thioether (sulfide) groups is 1. The second-order valence-electron chi connectivity index (χ2n) is 7.33.